The van der Waals surface area contributed by atoms with Crippen molar-refractivity contribution in [1.29, 1.82) is 0 Å². The molecule has 2 heterocycles. The maximum atomic E-state index is 13.7. The van der Waals surface area contributed by atoms with Crippen molar-refractivity contribution >= 4 is 90.0 Å². The lowest BCUT2D eigenvalue weighted by molar-refractivity contribution is -0.133. The average Bonchev–Trinajstić information content (AvgIpc) is 1.18. The second-order valence-corrected chi connectivity index (χ2v) is 26.8. The van der Waals surface area contributed by atoms with Crippen molar-refractivity contribution in [3.8, 4) is 0 Å². The number of halogens is 4. The molecule has 0 saturated carbocycles. The molecule has 1 unspecified atom stereocenters. The number of rotatable bonds is 38. The molecule has 3 atom stereocenters. The summed E-state index contributed by atoms with van der Waals surface area (Å²) in [5.41, 5.74) is 11.6. The number of carbonyl (C=O) groups is 3. The predicted octanol–water partition coefficient (Wildman–Crippen LogP) is 7.88. The zero-order valence-electron chi connectivity index (χ0n) is 50.1. The van der Waals surface area contributed by atoms with Crippen LogP contribution in [-0.2, 0) is 71.1 Å². The number of para-hydroxylation sites is 1. The van der Waals surface area contributed by atoms with Gasteiger partial charge in [-0.1, -0.05) is 88.9 Å². The Bertz CT molecular complexity index is 3170. The van der Waals surface area contributed by atoms with Crippen LogP contribution in [0.2, 0.25) is 20.1 Å². The zero-order chi connectivity index (χ0) is 63.8. The van der Waals surface area contributed by atoms with E-state index in [1.807, 2.05) is 44.4 Å². The largest absolute Gasteiger partial charge is 0.378 e. The van der Waals surface area contributed by atoms with E-state index < -0.39 is 38.0 Å². The Labute approximate surface area is 542 Å². The van der Waals surface area contributed by atoms with Gasteiger partial charge >= 0.3 is 6.03 Å². The lowest BCUT2D eigenvalue weighted by Gasteiger charge is -2.33. The summed E-state index contributed by atoms with van der Waals surface area (Å²) in [7, 11) is -3.70. The first-order valence-electron chi connectivity index (χ1n) is 29.4. The molecule has 0 fully saturated rings. The topological polar surface area (TPSA) is 259 Å². The van der Waals surface area contributed by atoms with Crippen LogP contribution < -0.4 is 25.8 Å². The summed E-state index contributed by atoms with van der Waals surface area (Å²) in [6.45, 7) is 5.66. The van der Waals surface area contributed by atoms with Crippen molar-refractivity contribution < 1.29 is 59.6 Å². The summed E-state index contributed by atoms with van der Waals surface area (Å²) in [6.07, 6.45) is 0.533. The molecule has 0 bridgehead atoms. The van der Waals surface area contributed by atoms with Gasteiger partial charge in [-0.05, 0) is 121 Å². The predicted molar refractivity (Wildman–Crippen MR) is 344 cm³/mol. The summed E-state index contributed by atoms with van der Waals surface area (Å²) < 4.78 is 92.8. The summed E-state index contributed by atoms with van der Waals surface area (Å²) in [5.74, 6) is -0.988. The summed E-state index contributed by atoms with van der Waals surface area (Å²) in [5, 5.41) is 7.84. The van der Waals surface area contributed by atoms with Gasteiger partial charge < -0.3 is 59.5 Å². The summed E-state index contributed by atoms with van der Waals surface area (Å²) in [4.78, 5) is 44.5. The standard InChI is InChI=1S/C62H80Cl4N8O13S2/c1-72-40-54(52-36-46(63)38-58(65)56(52)42-72)44-8-6-12-50(34-44)88(78,79)68-18-22-82-26-30-86-32-28-84-24-20-74(61(76)17-15-49(14-16-60(67)75)71-62(77)70-48-10-4-3-5-11-48)21-25-85-29-33-87-31-27-83-23-19-69-89(80,81)51-13-7-9-45(35-51)55-41-73(2)43-57-53(55)37-47(64)39-59(57)66/h3-13,34-39,49,54-55,68-69H,14-33,40-43H2,1-2H3,(H2,67,75)(H2,70,71,77)/t49?,54-,55-/m0/s1. The van der Waals surface area contributed by atoms with E-state index in [1.54, 1.807) is 77.7 Å². The molecule has 5 aromatic rings. The van der Waals surface area contributed by atoms with Crippen molar-refractivity contribution in [2.24, 2.45) is 5.73 Å². The molecule has 4 amide bonds. The number of nitrogens with zero attached hydrogens (tertiary/aromatic N) is 3. The molecule has 2 aliphatic heterocycles. The minimum absolute atomic E-state index is 0.0136. The fraction of sp³-hybridized carbons (Fsp3) is 0.468. The maximum absolute atomic E-state index is 13.7. The van der Waals surface area contributed by atoms with Gasteiger partial charge in [0.15, 0.2) is 0 Å². The first kappa shape index (κ1) is 71.4. The lowest BCUT2D eigenvalue weighted by atomic mass is 9.85. The van der Waals surface area contributed by atoms with Gasteiger partial charge in [-0.3, -0.25) is 9.59 Å². The van der Waals surface area contributed by atoms with E-state index >= 15 is 0 Å². The fourth-order valence-corrected chi connectivity index (χ4v) is 13.7. The SMILES string of the molecule is CN1Cc2c(Cl)cc(Cl)cc2[C@H](c2cccc(S(=O)(=O)NCCOCCOCCOCCN(CCOCCOCCOCCNS(=O)(=O)c3cccc([C@@H]4CN(C)Cc5c(Cl)cc(Cl)cc54)c3)C(=O)CCC(CCC(N)=O)NC(=O)Nc3ccccc3)c2)C1. The van der Waals surface area contributed by atoms with Crippen LogP contribution in [0.1, 0.15) is 70.9 Å². The van der Waals surface area contributed by atoms with Crippen LogP contribution in [0.4, 0.5) is 10.5 Å². The van der Waals surface area contributed by atoms with E-state index in [0.29, 0.717) is 52.0 Å². The number of hydrogen-bond donors (Lipinski definition) is 5. The Kier molecular flexibility index (Phi) is 29.1. The zero-order valence-corrected chi connectivity index (χ0v) is 54.7. The van der Waals surface area contributed by atoms with Gasteiger partial charge in [0, 0.05) is 109 Å². The molecule has 0 saturated heterocycles. The van der Waals surface area contributed by atoms with Crippen LogP contribution in [0.3, 0.4) is 0 Å². The van der Waals surface area contributed by atoms with E-state index in [2.05, 4.69) is 29.9 Å². The van der Waals surface area contributed by atoms with Crippen molar-refractivity contribution in [3.05, 3.63) is 157 Å². The molecular formula is C62H80Cl4N8O13S2. The number of amides is 4. The number of sulfonamides is 2. The van der Waals surface area contributed by atoms with Gasteiger partial charge in [0.1, 0.15) is 0 Å². The average molecular weight is 1350 g/mol. The minimum Gasteiger partial charge on any atom is -0.378 e. The van der Waals surface area contributed by atoms with Crippen LogP contribution in [-0.4, -0.2) is 188 Å². The molecule has 5 aromatic carbocycles. The molecule has 21 nitrogen and oxygen atoms in total. The third-order valence-electron chi connectivity index (χ3n) is 14.9. The van der Waals surface area contributed by atoms with Crippen molar-refractivity contribution in [1.82, 2.24) is 29.5 Å². The van der Waals surface area contributed by atoms with E-state index in [4.69, 9.17) is 80.6 Å². The van der Waals surface area contributed by atoms with E-state index in [9.17, 15) is 31.2 Å². The molecule has 2 aliphatic rings. The smallest absolute Gasteiger partial charge is 0.319 e. The van der Waals surface area contributed by atoms with Gasteiger partial charge in [0.25, 0.3) is 0 Å². The second kappa shape index (κ2) is 36.3. The molecule has 0 aromatic heterocycles. The Hall–Kier alpha value is -5.03. The molecule has 0 radical (unpaired) electrons. The first-order chi connectivity index (χ1) is 42.8. The highest BCUT2D eigenvalue weighted by atomic mass is 35.5. The molecule has 6 N–H and O–H groups in total. The van der Waals surface area contributed by atoms with Gasteiger partial charge in [-0.25, -0.2) is 31.1 Å². The Morgan fingerprint density at radius 3 is 1.44 bits per heavy atom. The van der Waals surface area contributed by atoms with Gasteiger partial charge in [-0.15, -0.1) is 0 Å². The Balaban J connectivity index is 0.783. The number of primary amides is 1. The summed E-state index contributed by atoms with van der Waals surface area (Å²) >= 11 is 25.9. The molecule has 0 aliphatic carbocycles. The van der Waals surface area contributed by atoms with E-state index in [-0.39, 0.29) is 159 Å². The van der Waals surface area contributed by atoms with Crippen LogP contribution in [0, 0.1) is 0 Å². The fourth-order valence-electron chi connectivity index (χ4n) is 10.5. The molecule has 7 rings (SSSR count). The molecular weight excluding hydrogens is 1270 g/mol. The number of fused-ring (bicyclic) bond motifs is 2. The van der Waals surface area contributed by atoms with Crippen LogP contribution in [0.15, 0.2) is 113 Å². The highest BCUT2D eigenvalue weighted by molar-refractivity contribution is 7.89. The van der Waals surface area contributed by atoms with Crippen molar-refractivity contribution in [2.45, 2.75) is 66.4 Å². The highest BCUT2D eigenvalue weighted by Gasteiger charge is 2.30. The van der Waals surface area contributed by atoms with Crippen LogP contribution in [0.25, 0.3) is 0 Å². The maximum Gasteiger partial charge on any atom is 0.319 e. The second-order valence-electron chi connectivity index (χ2n) is 21.6. The number of carbonyl (C=O) groups excluding carboxylic acids is 3. The quantitative estimate of drug-likeness (QED) is 0.0236. The number of urea groups is 1. The number of benzene rings is 5. The van der Waals surface area contributed by atoms with Gasteiger partial charge in [0.05, 0.1) is 89.1 Å². The number of nitrogens with one attached hydrogen (secondary N) is 4. The normalized spacial score (nSPS) is 15.7. The Morgan fingerprint density at radius 2 is 0.989 bits per heavy atom. The number of likely N-dealkylation sites (N-methyl/N-ethyl adjacent to an activating group) is 2. The third-order valence-corrected chi connectivity index (χ3v) is 18.9. The van der Waals surface area contributed by atoms with Crippen LogP contribution in [0.5, 0.6) is 0 Å². The third kappa shape index (κ3) is 23.2. The van der Waals surface area contributed by atoms with Crippen molar-refractivity contribution in [3.63, 3.8) is 0 Å². The van der Waals surface area contributed by atoms with E-state index in [0.717, 1.165) is 33.4 Å². The van der Waals surface area contributed by atoms with E-state index in [1.165, 1.54) is 0 Å². The first-order valence-corrected chi connectivity index (χ1v) is 33.9. The van der Waals surface area contributed by atoms with Gasteiger partial charge in [-0.2, -0.15) is 0 Å². The number of anilines is 1. The molecule has 27 heteroatoms. The molecule has 486 valence electrons. The minimum atomic E-state index is -3.84. The number of nitrogens with two attached hydrogens (primary N) is 1. The summed E-state index contributed by atoms with van der Waals surface area (Å²) in [6, 6.07) is 28.9. The Morgan fingerprint density at radius 1 is 0.562 bits per heavy atom. The molecule has 89 heavy (non-hydrogen) atoms. The number of hydrogen-bond acceptors (Lipinski definition) is 15. The van der Waals surface area contributed by atoms with Crippen molar-refractivity contribution in [2.75, 3.05) is 138 Å². The lowest BCUT2D eigenvalue weighted by Crippen LogP contribution is -2.41. The number of ether oxygens (including phenoxy) is 6. The van der Waals surface area contributed by atoms with Crippen LogP contribution >= 0.6 is 46.4 Å². The monoisotopic (exact) mass is 1350 g/mol. The molecule has 0 spiro atoms. The van der Waals surface area contributed by atoms with Gasteiger partial charge in [0.2, 0.25) is 31.9 Å². The highest BCUT2D eigenvalue weighted by Crippen LogP contribution is 2.40.